The highest BCUT2D eigenvalue weighted by Crippen LogP contribution is 2.20. The number of nitroso groups, excluding NO2 is 1. The van der Waals surface area contributed by atoms with Crippen molar-refractivity contribution in [2.75, 3.05) is 18.4 Å². The van der Waals surface area contributed by atoms with Crippen molar-refractivity contribution in [3.63, 3.8) is 0 Å². The van der Waals surface area contributed by atoms with Gasteiger partial charge in [0, 0.05) is 24.4 Å². The van der Waals surface area contributed by atoms with E-state index in [0.717, 1.165) is 11.4 Å². The lowest BCUT2D eigenvalue weighted by Gasteiger charge is -2.24. The Hall–Kier alpha value is -2.35. The molecule has 0 saturated carbocycles. The number of hydrogen-bond donors (Lipinski definition) is 1. The van der Waals surface area contributed by atoms with Crippen LogP contribution in [0.15, 0.2) is 46.9 Å². The average Bonchev–Trinajstić information content (AvgIpc) is 2.40. The summed E-state index contributed by atoms with van der Waals surface area (Å²) < 4.78 is 0. The number of para-hydroxylation sites is 1. The lowest BCUT2D eigenvalue weighted by Crippen LogP contribution is -2.28. The molecular formula is C12H12N4O. The molecule has 1 aliphatic rings. The summed E-state index contributed by atoms with van der Waals surface area (Å²) in [5.74, 6) is 0. The molecule has 0 spiro atoms. The molecule has 0 amide bonds. The van der Waals surface area contributed by atoms with Gasteiger partial charge in [0.05, 0.1) is 23.5 Å². The predicted octanol–water partition coefficient (Wildman–Crippen LogP) is 2.26. The van der Waals surface area contributed by atoms with E-state index in [4.69, 9.17) is 5.26 Å². The van der Waals surface area contributed by atoms with E-state index in [1.807, 2.05) is 30.3 Å². The van der Waals surface area contributed by atoms with Gasteiger partial charge >= 0.3 is 0 Å². The third-order valence-corrected chi connectivity index (χ3v) is 2.64. The first-order chi connectivity index (χ1) is 8.33. The van der Waals surface area contributed by atoms with Gasteiger partial charge in [-0.2, -0.15) is 5.26 Å². The Balaban J connectivity index is 2.17. The van der Waals surface area contributed by atoms with Crippen LogP contribution < -0.4 is 5.32 Å². The van der Waals surface area contributed by atoms with E-state index in [1.165, 1.54) is 5.01 Å². The molecule has 1 aliphatic heterocycles. The largest absolute Gasteiger partial charge is 0.358 e. The van der Waals surface area contributed by atoms with Crippen molar-refractivity contribution in [3.8, 4) is 6.07 Å². The normalized spacial score (nSPS) is 15.4. The van der Waals surface area contributed by atoms with E-state index < -0.39 is 0 Å². The molecule has 5 heteroatoms. The summed E-state index contributed by atoms with van der Waals surface area (Å²) in [5.41, 5.74) is 2.39. The maximum atomic E-state index is 10.4. The van der Waals surface area contributed by atoms with E-state index in [-0.39, 0.29) is 6.54 Å². The molecule has 0 bridgehead atoms. The highest BCUT2D eigenvalue weighted by molar-refractivity contribution is 5.51. The number of benzene rings is 1. The van der Waals surface area contributed by atoms with Gasteiger partial charge in [-0.3, -0.25) is 5.01 Å². The Kier molecular flexibility index (Phi) is 3.36. The molecule has 1 aromatic rings. The minimum atomic E-state index is 0.287. The summed E-state index contributed by atoms with van der Waals surface area (Å²) in [6.07, 6.45) is 0.628. The van der Waals surface area contributed by atoms with Crippen LogP contribution in [-0.2, 0) is 0 Å². The molecule has 0 radical (unpaired) electrons. The zero-order valence-electron chi connectivity index (χ0n) is 9.26. The molecule has 0 aromatic heterocycles. The van der Waals surface area contributed by atoms with Crippen LogP contribution in [0.25, 0.3) is 0 Å². The number of hydrogen-bond acceptors (Lipinski definition) is 4. The van der Waals surface area contributed by atoms with Crippen LogP contribution in [0, 0.1) is 16.2 Å². The summed E-state index contributed by atoms with van der Waals surface area (Å²) >= 11 is 0. The van der Waals surface area contributed by atoms with Crippen molar-refractivity contribution >= 4 is 5.69 Å². The predicted molar refractivity (Wildman–Crippen MR) is 64.7 cm³/mol. The summed E-state index contributed by atoms with van der Waals surface area (Å²) in [5, 5.41) is 16.5. The second-order valence-corrected chi connectivity index (χ2v) is 3.78. The zero-order chi connectivity index (χ0) is 12.1. The van der Waals surface area contributed by atoms with Gasteiger partial charge in [0.1, 0.15) is 0 Å². The van der Waals surface area contributed by atoms with Crippen molar-refractivity contribution in [1.82, 2.24) is 5.01 Å². The van der Waals surface area contributed by atoms with Crippen LogP contribution >= 0.6 is 0 Å². The van der Waals surface area contributed by atoms with E-state index >= 15 is 0 Å². The smallest absolute Gasteiger partial charge is 0.0985 e. The molecule has 5 nitrogen and oxygen atoms in total. The molecule has 0 saturated heterocycles. The Morgan fingerprint density at radius 1 is 1.35 bits per heavy atom. The molecule has 0 atom stereocenters. The van der Waals surface area contributed by atoms with Gasteiger partial charge < -0.3 is 5.32 Å². The van der Waals surface area contributed by atoms with Crippen LogP contribution in [0.4, 0.5) is 5.69 Å². The standard InChI is InChI=1S/C12H12N4O/c13-8-10-9-16(15-17)7-6-12(10)14-11-4-2-1-3-5-11/h1-5,14H,6-7,9H2. The lowest BCUT2D eigenvalue weighted by atomic mass is 10.1. The van der Waals surface area contributed by atoms with Gasteiger partial charge in [0.2, 0.25) is 0 Å². The van der Waals surface area contributed by atoms with E-state index in [0.29, 0.717) is 18.5 Å². The number of nitrogens with one attached hydrogen (secondary N) is 1. The van der Waals surface area contributed by atoms with Crippen molar-refractivity contribution in [1.29, 1.82) is 5.26 Å². The van der Waals surface area contributed by atoms with Gasteiger partial charge in [0.15, 0.2) is 0 Å². The van der Waals surface area contributed by atoms with Crippen LogP contribution in [0.5, 0.6) is 0 Å². The monoisotopic (exact) mass is 228 g/mol. The fourth-order valence-electron chi connectivity index (χ4n) is 1.75. The topological polar surface area (TPSA) is 68.5 Å². The van der Waals surface area contributed by atoms with Gasteiger partial charge in [-0.25, -0.2) is 0 Å². The number of anilines is 1. The second-order valence-electron chi connectivity index (χ2n) is 3.78. The molecule has 2 rings (SSSR count). The van der Waals surface area contributed by atoms with Gasteiger partial charge in [-0.15, -0.1) is 4.91 Å². The molecule has 1 aromatic carbocycles. The lowest BCUT2D eigenvalue weighted by molar-refractivity contribution is 0.300. The molecule has 1 N–H and O–H groups in total. The van der Waals surface area contributed by atoms with Crippen LogP contribution in [0.2, 0.25) is 0 Å². The van der Waals surface area contributed by atoms with E-state index in [9.17, 15) is 4.91 Å². The number of nitriles is 1. The minimum Gasteiger partial charge on any atom is -0.358 e. The summed E-state index contributed by atoms with van der Waals surface area (Å²) in [6.45, 7) is 0.832. The first-order valence-corrected chi connectivity index (χ1v) is 5.36. The number of rotatable bonds is 3. The quantitative estimate of drug-likeness (QED) is 0.806. The van der Waals surface area contributed by atoms with Crippen molar-refractivity contribution in [2.45, 2.75) is 6.42 Å². The second kappa shape index (κ2) is 5.12. The molecule has 0 unspecified atom stereocenters. The number of nitrogens with zero attached hydrogens (tertiary/aromatic N) is 3. The fourth-order valence-corrected chi connectivity index (χ4v) is 1.75. The summed E-state index contributed by atoms with van der Waals surface area (Å²) in [6, 6.07) is 11.8. The Morgan fingerprint density at radius 3 is 2.76 bits per heavy atom. The molecular weight excluding hydrogens is 216 g/mol. The third kappa shape index (κ3) is 2.61. The SMILES string of the molecule is N#CC1=C(Nc2ccccc2)CCN(N=O)C1. The van der Waals surface area contributed by atoms with Crippen LogP contribution in [0.3, 0.4) is 0 Å². The highest BCUT2D eigenvalue weighted by atomic mass is 16.3. The van der Waals surface area contributed by atoms with Crippen LogP contribution in [-0.4, -0.2) is 18.1 Å². The Morgan fingerprint density at radius 2 is 2.12 bits per heavy atom. The van der Waals surface area contributed by atoms with Crippen molar-refractivity contribution < 1.29 is 0 Å². The third-order valence-electron chi connectivity index (χ3n) is 2.64. The maximum Gasteiger partial charge on any atom is 0.0985 e. The summed E-state index contributed by atoms with van der Waals surface area (Å²) in [4.78, 5) is 10.4. The molecule has 0 aliphatic carbocycles. The molecule has 17 heavy (non-hydrogen) atoms. The molecule has 86 valence electrons. The van der Waals surface area contributed by atoms with Crippen molar-refractivity contribution in [3.05, 3.63) is 46.5 Å². The average molecular weight is 228 g/mol. The maximum absolute atomic E-state index is 10.4. The Bertz CT molecular complexity index is 475. The van der Waals surface area contributed by atoms with Crippen LogP contribution in [0.1, 0.15) is 6.42 Å². The molecule has 0 fully saturated rings. The Labute approximate surface area is 99.3 Å². The summed E-state index contributed by atoms with van der Waals surface area (Å²) in [7, 11) is 0. The molecule has 1 heterocycles. The van der Waals surface area contributed by atoms with E-state index in [1.54, 1.807) is 0 Å². The fraction of sp³-hybridized carbons (Fsp3) is 0.250. The van der Waals surface area contributed by atoms with Gasteiger partial charge in [-0.05, 0) is 12.1 Å². The zero-order valence-corrected chi connectivity index (χ0v) is 9.26. The minimum absolute atomic E-state index is 0.287. The first-order valence-electron chi connectivity index (χ1n) is 5.36. The first kappa shape index (κ1) is 11.1. The van der Waals surface area contributed by atoms with E-state index in [2.05, 4.69) is 16.7 Å². The highest BCUT2D eigenvalue weighted by Gasteiger charge is 2.18. The van der Waals surface area contributed by atoms with Gasteiger partial charge in [-0.1, -0.05) is 18.2 Å². The van der Waals surface area contributed by atoms with Gasteiger partial charge in [0.25, 0.3) is 0 Å². The van der Waals surface area contributed by atoms with Crippen molar-refractivity contribution in [2.24, 2.45) is 5.29 Å².